The molecule has 0 saturated heterocycles. The Morgan fingerprint density at radius 2 is 1.73 bits per heavy atom. The zero-order valence-electron chi connectivity index (χ0n) is 14.2. The molecular weight excluding hydrogens is 418 g/mol. The Bertz CT molecular complexity index is 823. The molecule has 0 spiro atoms. The molecule has 5 nitrogen and oxygen atoms in total. The average molecular weight is 436 g/mol. The summed E-state index contributed by atoms with van der Waals surface area (Å²) in [5, 5.41) is 2.87. The van der Waals surface area contributed by atoms with E-state index >= 15 is 0 Å². The lowest BCUT2D eigenvalue weighted by atomic mass is 10.1. The molecule has 2 aromatic rings. The van der Waals surface area contributed by atoms with E-state index in [2.05, 4.69) is 21.2 Å². The molecule has 1 heterocycles. The Morgan fingerprint density at radius 3 is 2.38 bits per heavy atom. The maximum Gasteiger partial charge on any atom is 0.224 e. The number of benzene rings is 2. The molecule has 0 aliphatic carbocycles. The number of ether oxygens (including phenoxy) is 2. The predicted octanol–water partition coefficient (Wildman–Crippen LogP) is 4.54. The molecule has 2 aromatic carbocycles. The van der Waals surface area contributed by atoms with Crippen LogP contribution in [0.5, 0.6) is 11.5 Å². The fraction of sp³-hybridized carbons (Fsp3) is 0.263. The van der Waals surface area contributed by atoms with E-state index in [4.69, 9.17) is 9.47 Å². The van der Waals surface area contributed by atoms with E-state index < -0.39 is 0 Å². The first kappa shape index (κ1) is 18.8. The maximum atomic E-state index is 12.3. The van der Waals surface area contributed by atoms with Gasteiger partial charge in [0.15, 0.2) is 17.3 Å². The van der Waals surface area contributed by atoms with Crippen LogP contribution in [-0.4, -0.2) is 31.2 Å². The summed E-state index contributed by atoms with van der Waals surface area (Å²) in [6.07, 6.45) is 2.21. The lowest BCUT2D eigenvalue weighted by Crippen LogP contribution is -2.17. The summed E-state index contributed by atoms with van der Waals surface area (Å²) in [5.41, 5.74) is 1.27. The SMILES string of the molecule is CSc1cc2c(cc1NC(=O)CCC(=O)c1ccc(Br)cc1)OCCO2. The summed E-state index contributed by atoms with van der Waals surface area (Å²) in [4.78, 5) is 25.4. The van der Waals surface area contributed by atoms with Gasteiger partial charge in [0.1, 0.15) is 13.2 Å². The molecule has 1 N–H and O–H groups in total. The number of hydrogen-bond acceptors (Lipinski definition) is 5. The number of nitrogens with one attached hydrogen (secondary N) is 1. The van der Waals surface area contributed by atoms with Crippen LogP contribution >= 0.6 is 27.7 Å². The van der Waals surface area contributed by atoms with Crippen molar-refractivity contribution in [2.75, 3.05) is 24.8 Å². The monoisotopic (exact) mass is 435 g/mol. The second-order valence-corrected chi connectivity index (χ2v) is 7.44. The van der Waals surface area contributed by atoms with Gasteiger partial charge in [-0.05, 0) is 24.5 Å². The highest BCUT2D eigenvalue weighted by atomic mass is 79.9. The number of Topliss-reactive ketones (excluding diaryl/α,β-unsaturated/α-hetero) is 1. The first-order valence-electron chi connectivity index (χ1n) is 8.13. The summed E-state index contributed by atoms with van der Waals surface area (Å²) in [5.74, 6) is 1.04. The third-order valence-electron chi connectivity index (χ3n) is 3.88. The summed E-state index contributed by atoms with van der Waals surface area (Å²) in [6.45, 7) is 1.01. The zero-order valence-corrected chi connectivity index (χ0v) is 16.6. The van der Waals surface area contributed by atoms with E-state index in [-0.39, 0.29) is 24.5 Å². The molecule has 0 atom stereocenters. The van der Waals surface area contributed by atoms with Crippen molar-refractivity contribution in [2.24, 2.45) is 0 Å². The predicted molar refractivity (Wildman–Crippen MR) is 106 cm³/mol. The van der Waals surface area contributed by atoms with Gasteiger partial charge < -0.3 is 14.8 Å². The number of amides is 1. The lowest BCUT2D eigenvalue weighted by Gasteiger charge is -2.21. The van der Waals surface area contributed by atoms with Gasteiger partial charge in [-0.3, -0.25) is 9.59 Å². The topological polar surface area (TPSA) is 64.6 Å². The molecule has 7 heteroatoms. The Morgan fingerprint density at radius 1 is 1.08 bits per heavy atom. The number of carbonyl (C=O) groups is 2. The number of hydrogen-bond donors (Lipinski definition) is 1. The molecule has 0 bridgehead atoms. The van der Waals surface area contributed by atoms with Crippen molar-refractivity contribution in [3.8, 4) is 11.5 Å². The first-order chi connectivity index (χ1) is 12.6. The van der Waals surface area contributed by atoms with E-state index in [9.17, 15) is 9.59 Å². The molecule has 136 valence electrons. The highest BCUT2D eigenvalue weighted by Gasteiger charge is 2.17. The molecule has 0 fully saturated rings. The number of carbonyl (C=O) groups excluding carboxylic acids is 2. The van der Waals surface area contributed by atoms with Gasteiger partial charge in [-0.2, -0.15) is 0 Å². The Balaban J connectivity index is 1.62. The van der Waals surface area contributed by atoms with Crippen molar-refractivity contribution < 1.29 is 19.1 Å². The molecule has 0 aromatic heterocycles. The summed E-state index contributed by atoms with van der Waals surface area (Å²) in [6, 6.07) is 10.8. The Hall–Kier alpha value is -1.99. The molecule has 0 radical (unpaired) electrons. The number of fused-ring (bicyclic) bond motifs is 1. The van der Waals surface area contributed by atoms with Crippen LogP contribution in [0.2, 0.25) is 0 Å². The van der Waals surface area contributed by atoms with Gasteiger partial charge in [0.25, 0.3) is 0 Å². The maximum absolute atomic E-state index is 12.3. The van der Waals surface area contributed by atoms with Gasteiger partial charge in [-0.1, -0.05) is 28.1 Å². The van der Waals surface area contributed by atoms with Gasteiger partial charge in [0.2, 0.25) is 5.91 Å². The van der Waals surface area contributed by atoms with E-state index in [1.807, 2.05) is 24.5 Å². The molecule has 1 amide bonds. The normalized spacial score (nSPS) is 12.5. The van der Waals surface area contributed by atoms with Crippen molar-refractivity contribution in [1.82, 2.24) is 0 Å². The van der Waals surface area contributed by atoms with Crippen LogP contribution in [0.3, 0.4) is 0 Å². The van der Waals surface area contributed by atoms with Gasteiger partial charge >= 0.3 is 0 Å². The third-order valence-corrected chi connectivity index (χ3v) is 5.19. The van der Waals surface area contributed by atoms with Crippen LogP contribution in [0, 0.1) is 0 Å². The minimum atomic E-state index is -0.206. The highest BCUT2D eigenvalue weighted by molar-refractivity contribution is 9.10. The second kappa shape index (κ2) is 8.60. The fourth-order valence-electron chi connectivity index (χ4n) is 2.56. The quantitative estimate of drug-likeness (QED) is 0.532. The van der Waals surface area contributed by atoms with Crippen molar-refractivity contribution in [3.05, 3.63) is 46.4 Å². The molecule has 1 aliphatic heterocycles. The Labute approximate surface area is 164 Å². The number of ketones is 1. The zero-order chi connectivity index (χ0) is 18.5. The van der Waals surface area contributed by atoms with Crippen LogP contribution in [0.25, 0.3) is 0 Å². The van der Waals surface area contributed by atoms with Crippen molar-refractivity contribution in [2.45, 2.75) is 17.7 Å². The van der Waals surface area contributed by atoms with Gasteiger partial charge in [0, 0.05) is 33.8 Å². The van der Waals surface area contributed by atoms with E-state index in [0.29, 0.717) is 36.0 Å². The van der Waals surface area contributed by atoms with Gasteiger partial charge in [0.05, 0.1) is 5.69 Å². The standard InChI is InChI=1S/C19H18BrNO4S/c1-26-18-11-17-16(24-8-9-25-17)10-14(18)21-19(23)7-6-15(22)12-2-4-13(20)5-3-12/h2-5,10-11H,6-9H2,1H3,(H,21,23). The summed E-state index contributed by atoms with van der Waals surface area (Å²) >= 11 is 4.85. The van der Waals surface area contributed by atoms with Crippen LogP contribution in [0.15, 0.2) is 45.8 Å². The molecule has 0 saturated carbocycles. The van der Waals surface area contributed by atoms with Gasteiger partial charge in [-0.25, -0.2) is 0 Å². The van der Waals surface area contributed by atoms with E-state index in [1.54, 1.807) is 18.2 Å². The smallest absolute Gasteiger partial charge is 0.224 e. The molecule has 3 rings (SSSR count). The minimum absolute atomic E-state index is 0.0556. The van der Waals surface area contributed by atoms with Gasteiger partial charge in [-0.15, -0.1) is 11.8 Å². The van der Waals surface area contributed by atoms with E-state index in [0.717, 1.165) is 9.37 Å². The summed E-state index contributed by atoms with van der Waals surface area (Å²) < 4.78 is 12.0. The second-order valence-electron chi connectivity index (χ2n) is 5.67. The lowest BCUT2D eigenvalue weighted by molar-refractivity contribution is -0.116. The van der Waals surface area contributed by atoms with Crippen LogP contribution in [0.1, 0.15) is 23.2 Å². The minimum Gasteiger partial charge on any atom is -0.486 e. The summed E-state index contributed by atoms with van der Waals surface area (Å²) in [7, 11) is 0. The van der Waals surface area contributed by atoms with E-state index in [1.165, 1.54) is 11.8 Å². The van der Waals surface area contributed by atoms with Crippen LogP contribution in [0.4, 0.5) is 5.69 Å². The molecule has 1 aliphatic rings. The largest absolute Gasteiger partial charge is 0.486 e. The Kier molecular flexibility index (Phi) is 6.21. The number of halogens is 1. The number of anilines is 1. The first-order valence-corrected chi connectivity index (χ1v) is 10.1. The molecule has 26 heavy (non-hydrogen) atoms. The van der Waals surface area contributed by atoms with Crippen molar-refractivity contribution in [1.29, 1.82) is 0 Å². The van der Waals surface area contributed by atoms with Crippen LogP contribution in [-0.2, 0) is 4.79 Å². The molecular formula is C19H18BrNO4S. The van der Waals surface area contributed by atoms with Crippen molar-refractivity contribution >= 4 is 45.1 Å². The average Bonchev–Trinajstić information content (AvgIpc) is 2.66. The number of rotatable bonds is 6. The van der Waals surface area contributed by atoms with Crippen molar-refractivity contribution in [3.63, 3.8) is 0 Å². The van der Waals surface area contributed by atoms with Crippen LogP contribution < -0.4 is 14.8 Å². The molecule has 0 unspecified atom stereocenters. The third kappa shape index (κ3) is 4.59. The fourth-order valence-corrected chi connectivity index (χ4v) is 3.38. The number of thioether (sulfide) groups is 1. The highest BCUT2D eigenvalue weighted by Crippen LogP contribution is 2.39.